The molecule has 0 aromatic heterocycles. The fourth-order valence-electron chi connectivity index (χ4n) is 1.41. The zero-order valence-electron chi connectivity index (χ0n) is 9.05. The van der Waals surface area contributed by atoms with Crippen LogP contribution in [0.2, 0.25) is 0 Å². The molecule has 82 valence electrons. The van der Waals surface area contributed by atoms with Crippen molar-refractivity contribution >= 4 is 17.3 Å². The Kier molecular flexibility index (Phi) is 3.18. The highest BCUT2D eigenvalue weighted by Crippen LogP contribution is 2.14. The maximum Gasteiger partial charge on any atom is 0.255 e. The average Bonchev–Trinajstić information content (AvgIpc) is 2.40. The van der Waals surface area contributed by atoms with E-state index in [2.05, 4.69) is 10.2 Å². The number of hydrogen-bond donors (Lipinski definition) is 1. The van der Waals surface area contributed by atoms with Gasteiger partial charge in [-0.15, -0.1) is 0 Å². The Bertz CT molecular complexity index is 553. The SMILES string of the molecule is [C-]#[N+]c1ccc(C(=O)Nc2ccccc2)cc1. The molecule has 17 heavy (non-hydrogen) atoms. The molecule has 2 rings (SSSR count). The number of amides is 1. The number of hydrogen-bond acceptors (Lipinski definition) is 1. The minimum atomic E-state index is -0.173. The summed E-state index contributed by atoms with van der Waals surface area (Å²) in [5.41, 5.74) is 1.83. The quantitative estimate of drug-likeness (QED) is 0.775. The number of carbonyl (C=O) groups excluding carboxylic acids is 1. The first-order valence-electron chi connectivity index (χ1n) is 5.13. The summed E-state index contributed by atoms with van der Waals surface area (Å²) in [5, 5.41) is 2.78. The molecule has 0 aliphatic heterocycles. The van der Waals surface area contributed by atoms with Crippen LogP contribution >= 0.6 is 0 Å². The van der Waals surface area contributed by atoms with E-state index < -0.39 is 0 Å². The molecule has 0 atom stereocenters. The predicted octanol–water partition coefficient (Wildman–Crippen LogP) is 3.49. The highest BCUT2D eigenvalue weighted by atomic mass is 16.1. The van der Waals surface area contributed by atoms with E-state index in [1.807, 2.05) is 30.3 Å². The van der Waals surface area contributed by atoms with Gasteiger partial charge in [-0.3, -0.25) is 4.79 Å². The van der Waals surface area contributed by atoms with E-state index in [9.17, 15) is 4.79 Å². The molecule has 0 spiro atoms. The van der Waals surface area contributed by atoms with E-state index in [1.54, 1.807) is 24.3 Å². The fourth-order valence-corrected chi connectivity index (χ4v) is 1.41. The lowest BCUT2D eigenvalue weighted by molar-refractivity contribution is 0.102. The van der Waals surface area contributed by atoms with Gasteiger partial charge in [0.2, 0.25) is 0 Å². The first-order valence-corrected chi connectivity index (χ1v) is 5.13. The Hall–Kier alpha value is -2.60. The predicted molar refractivity (Wildman–Crippen MR) is 67.1 cm³/mol. The van der Waals surface area contributed by atoms with Crippen molar-refractivity contribution in [2.75, 3.05) is 5.32 Å². The van der Waals surface area contributed by atoms with Gasteiger partial charge >= 0.3 is 0 Å². The molecule has 3 heteroatoms. The van der Waals surface area contributed by atoms with Gasteiger partial charge < -0.3 is 5.32 Å². The number of benzene rings is 2. The molecule has 0 heterocycles. The van der Waals surface area contributed by atoms with Gasteiger partial charge in [-0.2, -0.15) is 0 Å². The lowest BCUT2D eigenvalue weighted by Gasteiger charge is -2.04. The number of para-hydroxylation sites is 1. The monoisotopic (exact) mass is 222 g/mol. The number of rotatable bonds is 2. The summed E-state index contributed by atoms with van der Waals surface area (Å²) >= 11 is 0. The van der Waals surface area contributed by atoms with Crippen molar-refractivity contribution in [3.63, 3.8) is 0 Å². The summed E-state index contributed by atoms with van der Waals surface area (Å²) in [6, 6.07) is 15.8. The van der Waals surface area contributed by atoms with Crippen LogP contribution in [0.25, 0.3) is 4.85 Å². The van der Waals surface area contributed by atoms with E-state index >= 15 is 0 Å². The zero-order valence-corrected chi connectivity index (χ0v) is 9.05. The minimum Gasteiger partial charge on any atom is -0.322 e. The summed E-state index contributed by atoms with van der Waals surface area (Å²) in [6.07, 6.45) is 0. The highest BCUT2D eigenvalue weighted by molar-refractivity contribution is 6.04. The largest absolute Gasteiger partial charge is 0.322 e. The van der Waals surface area contributed by atoms with Crippen molar-refractivity contribution in [1.82, 2.24) is 0 Å². The standard InChI is InChI=1S/C14H10N2O/c1-15-12-9-7-11(8-10-12)14(17)16-13-5-3-2-4-6-13/h2-10H,(H,16,17). The molecule has 1 N–H and O–H groups in total. The molecule has 1 amide bonds. The van der Waals surface area contributed by atoms with Gasteiger partial charge in [0.25, 0.3) is 5.91 Å². The number of anilines is 1. The third kappa shape index (κ3) is 2.70. The smallest absolute Gasteiger partial charge is 0.255 e. The summed E-state index contributed by atoms with van der Waals surface area (Å²) in [7, 11) is 0. The number of nitrogens with one attached hydrogen (secondary N) is 1. The highest BCUT2D eigenvalue weighted by Gasteiger charge is 2.05. The topological polar surface area (TPSA) is 33.5 Å². The first-order chi connectivity index (χ1) is 8.29. The molecule has 2 aromatic carbocycles. The maximum atomic E-state index is 11.8. The van der Waals surface area contributed by atoms with Crippen LogP contribution in [-0.2, 0) is 0 Å². The fraction of sp³-hybridized carbons (Fsp3) is 0. The molecule has 0 bridgehead atoms. The van der Waals surface area contributed by atoms with Crippen molar-refractivity contribution in [1.29, 1.82) is 0 Å². The lowest BCUT2D eigenvalue weighted by atomic mass is 10.2. The van der Waals surface area contributed by atoms with Crippen LogP contribution < -0.4 is 5.32 Å². The van der Waals surface area contributed by atoms with Gasteiger partial charge in [-0.25, -0.2) is 4.85 Å². The van der Waals surface area contributed by atoms with Crippen molar-refractivity contribution < 1.29 is 4.79 Å². The molecule has 3 nitrogen and oxygen atoms in total. The lowest BCUT2D eigenvalue weighted by Crippen LogP contribution is -2.11. The van der Waals surface area contributed by atoms with Crippen molar-refractivity contribution in [2.45, 2.75) is 0 Å². The van der Waals surface area contributed by atoms with Gasteiger partial charge in [0.1, 0.15) is 0 Å². The van der Waals surface area contributed by atoms with Gasteiger partial charge in [-0.1, -0.05) is 42.5 Å². The van der Waals surface area contributed by atoms with E-state index in [1.165, 1.54) is 0 Å². The van der Waals surface area contributed by atoms with Gasteiger partial charge in [0.15, 0.2) is 5.69 Å². The Labute approximate surface area is 99.5 Å². The van der Waals surface area contributed by atoms with Crippen molar-refractivity contribution in [2.24, 2.45) is 0 Å². The molecule has 0 radical (unpaired) electrons. The molecule has 0 saturated carbocycles. The van der Waals surface area contributed by atoms with Crippen molar-refractivity contribution in [3.8, 4) is 0 Å². The van der Waals surface area contributed by atoms with Gasteiger partial charge in [0.05, 0.1) is 6.57 Å². The van der Waals surface area contributed by atoms with E-state index in [0.29, 0.717) is 11.3 Å². The Balaban J connectivity index is 2.13. The summed E-state index contributed by atoms with van der Waals surface area (Å²) in [6.45, 7) is 6.83. The molecule has 0 saturated heterocycles. The summed E-state index contributed by atoms with van der Waals surface area (Å²) in [4.78, 5) is 15.1. The average molecular weight is 222 g/mol. The van der Waals surface area contributed by atoms with Crippen LogP contribution in [-0.4, -0.2) is 5.91 Å². The van der Waals surface area contributed by atoms with Crippen LogP contribution in [0.5, 0.6) is 0 Å². The molecule has 2 aromatic rings. The van der Waals surface area contributed by atoms with Crippen LogP contribution in [0.3, 0.4) is 0 Å². The Morgan fingerprint density at radius 1 is 1.00 bits per heavy atom. The Morgan fingerprint density at radius 2 is 1.65 bits per heavy atom. The van der Waals surface area contributed by atoms with Crippen LogP contribution in [0, 0.1) is 6.57 Å². The third-order valence-electron chi connectivity index (χ3n) is 2.29. The number of nitrogens with zero attached hydrogens (tertiary/aromatic N) is 1. The summed E-state index contributed by atoms with van der Waals surface area (Å²) in [5.74, 6) is -0.173. The molecule has 0 aliphatic carbocycles. The normalized spacial score (nSPS) is 9.35. The van der Waals surface area contributed by atoms with E-state index in [4.69, 9.17) is 6.57 Å². The first kappa shape index (κ1) is 10.9. The van der Waals surface area contributed by atoms with Crippen LogP contribution in [0.1, 0.15) is 10.4 Å². The van der Waals surface area contributed by atoms with Crippen molar-refractivity contribution in [3.05, 3.63) is 71.6 Å². The number of carbonyl (C=O) groups is 1. The second-order valence-electron chi connectivity index (χ2n) is 3.48. The maximum absolute atomic E-state index is 11.8. The summed E-state index contributed by atoms with van der Waals surface area (Å²) < 4.78 is 0. The second-order valence-corrected chi connectivity index (χ2v) is 3.48. The molecule has 0 aliphatic rings. The van der Waals surface area contributed by atoms with Crippen LogP contribution in [0.4, 0.5) is 11.4 Å². The van der Waals surface area contributed by atoms with E-state index in [0.717, 1.165) is 5.69 Å². The second kappa shape index (κ2) is 4.95. The molecular formula is C14H10N2O. The molecule has 0 unspecified atom stereocenters. The Morgan fingerprint density at radius 3 is 2.24 bits per heavy atom. The van der Waals surface area contributed by atoms with Gasteiger partial charge in [0, 0.05) is 11.3 Å². The molecule has 0 fully saturated rings. The van der Waals surface area contributed by atoms with Crippen LogP contribution in [0.15, 0.2) is 54.6 Å². The van der Waals surface area contributed by atoms with Gasteiger partial charge in [-0.05, 0) is 12.1 Å². The minimum absolute atomic E-state index is 0.173. The van der Waals surface area contributed by atoms with E-state index in [-0.39, 0.29) is 5.91 Å². The zero-order chi connectivity index (χ0) is 12.1. The molecular weight excluding hydrogens is 212 g/mol. The third-order valence-corrected chi connectivity index (χ3v) is 2.29.